The molecule has 0 bridgehead atoms. The summed E-state index contributed by atoms with van der Waals surface area (Å²) in [6.07, 6.45) is 0. The summed E-state index contributed by atoms with van der Waals surface area (Å²) in [5, 5.41) is 11.2. The number of methoxy groups -OCH3 is 1. The number of likely N-dealkylation sites (N-methyl/N-ethyl adjacent to an activating group) is 1. The van der Waals surface area contributed by atoms with Gasteiger partial charge in [-0.15, -0.1) is 0 Å². The van der Waals surface area contributed by atoms with E-state index >= 15 is 0 Å². The molecule has 0 radical (unpaired) electrons. The van der Waals surface area contributed by atoms with E-state index in [4.69, 9.17) is 9.47 Å². The fourth-order valence-corrected chi connectivity index (χ4v) is 3.85. The Bertz CT molecular complexity index is 1030. The van der Waals surface area contributed by atoms with E-state index in [1.165, 1.54) is 4.90 Å². The number of ketones is 1. The number of carbonyl (C=O) groups excluding carboxylic acids is 2. The van der Waals surface area contributed by atoms with Crippen LogP contribution in [0.4, 0.5) is 0 Å². The molecule has 7 heteroatoms. The second kappa shape index (κ2) is 9.87. The van der Waals surface area contributed by atoms with E-state index in [0.29, 0.717) is 36.8 Å². The molecule has 170 valence electrons. The fourth-order valence-electron chi connectivity index (χ4n) is 3.85. The van der Waals surface area contributed by atoms with Crippen molar-refractivity contribution in [3.8, 4) is 11.5 Å². The Hall–Kier alpha value is -3.32. The fraction of sp³-hybridized carbons (Fsp3) is 0.360. The summed E-state index contributed by atoms with van der Waals surface area (Å²) in [6.45, 7) is 5.21. The monoisotopic (exact) mass is 438 g/mol. The maximum atomic E-state index is 13.1. The summed E-state index contributed by atoms with van der Waals surface area (Å²) < 4.78 is 10.8. The minimum atomic E-state index is -0.688. The Morgan fingerprint density at radius 3 is 2.31 bits per heavy atom. The first kappa shape index (κ1) is 23.3. The number of benzene rings is 2. The zero-order valence-corrected chi connectivity index (χ0v) is 19.2. The normalized spacial score (nSPS) is 17.8. The lowest BCUT2D eigenvalue weighted by molar-refractivity contribution is -0.140. The highest BCUT2D eigenvalue weighted by molar-refractivity contribution is 6.46. The number of carbonyl (C=O) groups is 2. The number of amides is 1. The van der Waals surface area contributed by atoms with Gasteiger partial charge in [0.2, 0.25) is 0 Å². The van der Waals surface area contributed by atoms with E-state index in [9.17, 15) is 14.7 Å². The van der Waals surface area contributed by atoms with Crippen molar-refractivity contribution >= 4 is 17.4 Å². The van der Waals surface area contributed by atoms with Crippen molar-refractivity contribution in [3.63, 3.8) is 0 Å². The Morgan fingerprint density at radius 2 is 1.75 bits per heavy atom. The standard InChI is InChI=1S/C25H30N2O5/c1-6-32-18-9-7-17(8-10-18)22-21(24(29)25(30)27(22)14-13-26(3)4)23(28)20-12-11-19(31-5)15-16(20)2/h7-12,15,22,28H,6,13-14H2,1-5H3/b23-21+/t22-/m1/s1. The molecule has 1 atom stereocenters. The highest BCUT2D eigenvalue weighted by Gasteiger charge is 2.46. The third kappa shape index (κ3) is 4.62. The first-order chi connectivity index (χ1) is 15.3. The summed E-state index contributed by atoms with van der Waals surface area (Å²) >= 11 is 0. The maximum absolute atomic E-state index is 13.1. The lowest BCUT2D eigenvalue weighted by Crippen LogP contribution is -2.35. The van der Waals surface area contributed by atoms with Crippen LogP contribution in [-0.2, 0) is 9.59 Å². The highest BCUT2D eigenvalue weighted by atomic mass is 16.5. The average Bonchev–Trinajstić information content (AvgIpc) is 3.02. The SMILES string of the molecule is CCOc1ccc([C@@H]2/C(=C(\O)c3ccc(OC)cc3C)C(=O)C(=O)N2CCN(C)C)cc1. The first-order valence-electron chi connectivity index (χ1n) is 10.6. The van der Waals surface area contributed by atoms with E-state index < -0.39 is 17.7 Å². The van der Waals surface area contributed by atoms with Crippen LogP contribution in [0.3, 0.4) is 0 Å². The largest absolute Gasteiger partial charge is 0.507 e. The van der Waals surface area contributed by atoms with Crippen LogP contribution in [0.1, 0.15) is 29.7 Å². The minimum Gasteiger partial charge on any atom is -0.507 e. The van der Waals surface area contributed by atoms with Crippen LogP contribution in [0, 0.1) is 6.92 Å². The summed E-state index contributed by atoms with van der Waals surface area (Å²) in [5.41, 5.74) is 2.06. The molecular weight excluding hydrogens is 408 g/mol. The van der Waals surface area contributed by atoms with Crippen molar-refractivity contribution in [1.82, 2.24) is 9.80 Å². The lowest BCUT2D eigenvalue weighted by atomic mass is 9.94. The molecular formula is C25H30N2O5. The van der Waals surface area contributed by atoms with Crippen molar-refractivity contribution in [3.05, 3.63) is 64.7 Å². The Balaban J connectivity index is 2.13. The van der Waals surface area contributed by atoms with Crippen LogP contribution in [0.2, 0.25) is 0 Å². The number of likely N-dealkylation sites (tertiary alicyclic amines) is 1. The molecule has 1 amide bonds. The van der Waals surface area contributed by atoms with Gasteiger partial charge in [-0.05, 0) is 69.4 Å². The van der Waals surface area contributed by atoms with Gasteiger partial charge in [-0.2, -0.15) is 0 Å². The van der Waals surface area contributed by atoms with Gasteiger partial charge in [0, 0.05) is 18.7 Å². The first-order valence-corrected chi connectivity index (χ1v) is 10.6. The number of rotatable bonds is 8. The molecule has 1 fully saturated rings. The minimum absolute atomic E-state index is 0.0891. The van der Waals surface area contributed by atoms with Gasteiger partial charge in [-0.25, -0.2) is 0 Å². The quantitative estimate of drug-likeness (QED) is 0.387. The lowest BCUT2D eigenvalue weighted by Gasteiger charge is -2.26. The molecule has 0 spiro atoms. The summed E-state index contributed by atoms with van der Waals surface area (Å²) in [7, 11) is 5.38. The van der Waals surface area contributed by atoms with Gasteiger partial charge in [0.15, 0.2) is 0 Å². The third-order valence-electron chi connectivity index (χ3n) is 5.52. The van der Waals surface area contributed by atoms with E-state index in [1.807, 2.05) is 57.1 Å². The van der Waals surface area contributed by atoms with Gasteiger partial charge in [0.05, 0.1) is 25.3 Å². The van der Waals surface area contributed by atoms with E-state index in [0.717, 1.165) is 11.1 Å². The second-order valence-corrected chi connectivity index (χ2v) is 7.98. The number of hydrogen-bond donors (Lipinski definition) is 1. The van der Waals surface area contributed by atoms with Crippen molar-refractivity contribution in [2.45, 2.75) is 19.9 Å². The topological polar surface area (TPSA) is 79.3 Å². The zero-order valence-electron chi connectivity index (χ0n) is 19.2. The number of Topliss-reactive ketones (excluding diaryl/α,β-unsaturated/α-hetero) is 1. The van der Waals surface area contributed by atoms with Gasteiger partial charge < -0.3 is 24.4 Å². The van der Waals surface area contributed by atoms with E-state index in [-0.39, 0.29) is 11.3 Å². The Morgan fingerprint density at radius 1 is 1.09 bits per heavy atom. The molecule has 1 saturated heterocycles. The predicted molar refractivity (Wildman–Crippen MR) is 123 cm³/mol. The molecule has 0 unspecified atom stereocenters. The highest BCUT2D eigenvalue weighted by Crippen LogP contribution is 2.40. The summed E-state index contributed by atoms with van der Waals surface area (Å²) in [4.78, 5) is 29.5. The number of hydrogen-bond acceptors (Lipinski definition) is 6. The number of nitrogens with zero attached hydrogens (tertiary/aromatic N) is 2. The van der Waals surface area contributed by atoms with Crippen molar-refractivity contribution in [2.24, 2.45) is 0 Å². The molecule has 3 rings (SSSR count). The Labute approximate surface area is 188 Å². The van der Waals surface area contributed by atoms with Crippen molar-refractivity contribution in [1.29, 1.82) is 0 Å². The van der Waals surface area contributed by atoms with Crippen LogP contribution < -0.4 is 9.47 Å². The number of aliphatic hydroxyl groups is 1. The van der Waals surface area contributed by atoms with Crippen LogP contribution in [0.25, 0.3) is 5.76 Å². The molecule has 0 saturated carbocycles. The molecule has 2 aromatic carbocycles. The van der Waals surface area contributed by atoms with Crippen LogP contribution in [0.5, 0.6) is 11.5 Å². The number of aryl methyl sites for hydroxylation is 1. The summed E-state index contributed by atoms with van der Waals surface area (Å²) in [6, 6.07) is 11.8. The molecule has 0 aromatic heterocycles. The van der Waals surface area contributed by atoms with Gasteiger partial charge in [0.1, 0.15) is 17.3 Å². The molecule has 1 heterocycles. The van der Waals surface area contributed by atoms with Crippen molar-refractivity contribution < 1.29 is 24.2 Å². The molecule has 32 heavy (non-hydrogen) atoms. The molecule has 2 aromatic rings. The third-order valence-corrected chi connectivity index (χ3v) is 5.52. The van der Waals surface area contributed by atoms with E-state index in [2.05, 4.69) is 0 Å². The average molecular weight is 439 g/mol. The second-order valence-electron chi connectivity index (χ2n) is 7.98. The predicted octanol–water partition coefficient (Wildman–Crippen LogP) is 3.39. The van der Waals surface area contributed by atoms with Crippen LogP contribution in [-0.4, -0.2) is 67.5 Å². The van der Waals surface area contributed by atoms with Gasteiger partial charge >= 0.3 is 0 Å². The van der Waals surface area contributed by atoms with Crippen LogP contribution >= 0.6 is 0 Å². The Kier molecular flexibility index (Phi) is 7.20. The zero-order chi connectivity index (χ0) is 23.4. The van der Waals surface area contributed by atoms with Gasteiger partial charge in [0.25, 0.3) is 11.7 Å². The molecule has 0 aliphatic carbocycles. The maximum Gasteiger partial charge on any atom is 0.295 e. The van der Waals surface area contributed by atoms with E-state index in [1.54, 1.807) is 25.3 Å². The van der Waals surface area contributed by atoms with Gasteiger partial charge in [-0.1, -0.05) is 12.1 Å². The molecule has 1 aliphatic rings. The number of aliphatic hydroxyl groups excluding tert-OH is 1. The molecule has 7 nitrogen and oxygen atoms in total. The van der Waals surface area contributed by atoms with Gasteiger partial charge in [-0.3, -0.25) is 9.59 Å². The molecule has 1 N–H and O–H groups in total. The van der Waals surface area contributed by atoms with Crippen LogP contribution in [0.15, 0.2) is 48.0 Å². The summed E-state index contributed by atoms with van der Waals surface area (Å²) in [5.74, 6) is -0.135. The van der Waals surface area contributed by atoms with Crippen molar-refractivity contribution in [2.75, 3.05) is 40.9 Å². The number of ether oxygens (including phenoxy) is 2. The molecule has 1 aliphatic heterocycles. The smallest absolute Gasteiger partial charge is 0.295 e.